The first-order valence-corrected chi connectivity index (χ1v) is 5.78. The molecule has 0 atom stereocenters. The van der Waals surface area contributed by atoms with Crippen molar-refractivity contribution in [1.82, 2.24) is 10.2 Å². The second-order valence-electron chi connectivity index (χ2n) is 4.11. The summed E-state index contributed by atoms with van der Waals surface area (Å²) < 4.78 is 0. The van der Waals surface area contributed by atoms with Crippen LogP contribution in [0.25, 0.3) is 0 Å². The average molecular weight is 238 g/mol. The van der Waals surface area contributed by atoms with Crippen LogP contribution in [0.2, 0.25) is 0 Å². The number of hydrogen-bond acceptors (Lipinski definition) is 2. The summed E-state index contributed by atoms with van der Waals surface area (Å²) in [6.07, 6.45) is 0.882. The maximum Gasteiger partial charge on any atom is 0.248 e. The summed E-state index contributed by atoms with van der Waals surface area (Å²) in [7, 11) is 0. The van der Waals surface area contributed by atoms with Crippen LogP contribution in [0, 0.1) is 0 Å². The molecule has 2 amide bonds. The van der Waals surface area contributed by atoms with Crippen LogP contribution < -0.4 is 5.32 Å². The molecule has 4 nitrogen and oxygen atoms in total. The average Bonchev–Trinajstić information content (AvgIpc) is 2.26. The van der Waals surface area contributed by atoms with Gasteiger partial charge >= 0.3 is 0 Å². The molecular weight excluding hydrogens is 216 g/mol. The molecule has 96 valence electrons. The summed E-state index contributed by atoms with van der Waals surface area (Å²) in [5, 5.41) is 2.70. The molecule has 0 radical (unpaired) electrons. The van der Waals surface area contributed by atoms with Gasteiger partial charge in [0.05, 0.1) is 0 Å². The summed E-state index contributed by atoms with van der Waals surface area (Å²) >= 11 is 0. The zero-order valence-corrected chi connectivity index (χ0v) is 11.0. The predicted octanol–water partition coefficient (Wildman–Crippen LogP) is 1.49. The lowest BCUT2D eigenvalue weighted by Crippen LogP contribution is -2.39. The van der Waals surface area contributed by atoms with Crippen LogP contribution in [-0.4, -0.2) is 36.3 Å². The van der Waals surface area contributed by atoms with E-state index in [0.29, 0.717) is 30.8 Å². The Labute approximate surface area is 103 Å². The number of rotatable bonds is 7. The summed E-state index contributed by atoms with van der Waals surface area (Å²) in [5.74, 6) is -0.236. The molecular formula is C13H22N2O2. The maximum absolute atomic E-state index is 11.7. The molecule has 0 rings (SSSR count). The number of carbonyl (C=O) groups excluding carboxylic acids is 2. The van der Waals surface area contributed by atoms with Crippen molar-refractivity contribution in [3.63, 3.8) is 0 Å². The standard InChI is InChI=1S/C13H22N2O2/c1-6-8-15(13(17)11(4)5)9-7-14-12(16)10(2)3/h2,4,6-9H2,1,3,5H3,(H,14,16). The highest BCUT2D eigenvalue weighted by atomic mass is 16.2. The molecule has 0 unspecified atom stereocenters. The molecule has 0 fully saturated rings. The number of amides is 2. The first-order valence-electron chi connectivity index (χ1n) is 5.78. The summed E-state index contributed by atoms with van der Waals surface area (Å²) in [4.78, 5) is 24.7. The quantitative estimate of drug-likeness (QED) is 0.683. The molecule has 0 aliphatic rings. The highest BCUT2D eigenvalue weighted by Gasteiger charge is 2.13. The minimum atomic E-state index is -0.177. The predicted molar refractivity (Wildman–Crippen MR) is 69.5 cm³/mol. The molecule has 0 aliphatic carbocycles. The molecule has 0 aliphatic heterocycles. The lowest BCUT2D eigenvalue weighted by Gasteiger charge is -2.22. The molecule has 4 heteroatoms. The van der Waals surface area contributed by atoms with Gasteiger partial charge in [0.25, 0.3) is 0 Å². The van der Waals surface area contributed by atoms with Crippen molar-refractivity contribution >= 4 is 11.8 Å². The Balaban J connectivity index is 4.19. The fourth-order valence-electron chi connectivity index (χ4n) is 1.31. The third-order valence-corrected chi connectivity index (χ3v) is 2.20. The highest BCUT2D eigenvalue weighted by molar-refractivity contribution is 5.93. The van der Waals surface area contributed by atoms with Gasteiger partial charge in [0.2, 0.25) is 11.8 Å². The lowest BCUT2D eigenvalue weighted by molar-refractivity contribution is -0.127. The zero-order chi connectivity index (χ0) is 13.4. The molecule has 0 bridgehead atoms. The van der Waals surface area contributed by atoms with E-state index >= 15 is 0 Å². The largest absolute Gasteiger partial charge is 0.351 e. The van der Waals surface area contributed by atoms with Crippen molar-refractivity contribution in [3.8, 4) is 0 Å². The van der Waals surface area contributed by atoms with Crippen LogP contribution in [0.5, 0.6) is 0 Å². The Hall–Kier alpha value is -1.58. The molecule has 1 N–H and O–H groups in total. The minimum Gasteiger partial charge on any atom is -0.351 e. The second kappa shape index (κ2) is 7.65. The third-order valence-electron chi connectivity index (χ3n) is 2.20. The number of nitrogens with one attached hydrogen (secondary N) is 1. The number of nitrogens with zero attached hydrogens (tertiary/aromatic N) is 1. The molecule has 0 saturated heterocycles. The van der Waals surface area contributed by atoms with E-state index in [1.807, 2.05) is 6.92 Å². The molecule has 17 heavy (non-hydrogen) atoms. The third kappa shape index (κ3) is 5.90. The first kappa shape index (κ1) is 15.4. The van der Waals surface area contributed by atoms with Crippen LogP contribution >= 0.6 is 0 Å². The molecule has 0 aromatic rings. The molecule has 0 aromatic heterocycles. The van der Waals surface area contributed by atoms with Gasteiger partial charge in [-0.3, -0.25) is 9.59 Å². The molecule has 0 aromatic carbocycles. The van der Waals surface area contributed by atoms with E-state index in [2.05, 4.69) is 18.5 Å². The Bertz CT molecular complexity index is 321. The first-order chi connectivity index (χ1) is 7.90. The van der Waals surface area contributed by atoms with E-state index in [-0.39, 0.29) is 11.8 Å². The lowest BCUT2D eigenvalue weighted by atomic mass is 10.2. The van der Waals surface area contributed by atoms with Gasteiger partial charge in [0, 0.05) is 30.8 Å². The highest BCUT2D eigenvalue weighted by Crippen LogP contribution is 1.99. The van der Waals surface area contributed by atoms with Crippen LogP contribution in [0.4, 0.5) is 0 Å². The van der Waals surface area contributed by atoms with Crippen molar-refractivity contribution in [2.75, 3.05) is 19.6 Å². The fourth-order valence-corrected chi connectivity index (χ4v) is 1.31. The SMILES string of the molecule is C=C(C)C(=O)NCCN(CCC)C(=O)C(=C)C. The van der Waals surface area contributed by atoms with Crippen LogP contribution in [0.15, 0.2) is 24.3 Å². The van der Waals surface area contributed by atoms with Gasteiger partial charge in [-0.1, -0.05) is 20.1 Å². The smallest absolute Gasteiger partial charge is 0.248 e. The van der Waals surface area contributed by atoms with Gasteiger partial charge in [-0.05, 0) is 20.3 Å². The summed E-state index contributed by atoms with van der Waals surface area (Å²) in [6, 6.07) is 0. The Morgan fingerprint density at radius 1 is 1.12 bits per heavy atom. The van der Waals surface area contributed by atoms with Gasteiger partial charge in [-0.15, -0.1) is 0 Å². The molecule has 0 saturated carbocycles. The van der Waals surface area contributed by atoms with Crippen LogP contribution in [0.3, 0.4) is 0 Å². The Morgan fingerprint density at radius 3 is 2.12 bits per heavy atom. The van der Waals surface area contributed by atoms with E-state index < -0.39 is 0 Å². The van der Waals surface area contributed by atoms with Gasteiger partial charge in [-0.2, -0.15) is 0 Å². The van der Waals surface area contributed by atoms with Crippen molar-refractivity contribution in [2.45, 2.75) is 27.2 Å². The topological polar surface area (TPSA) is 49.4 Å². The normalized spacial score (nSPS) is 9.59. The van der Waals surface area contributed by atoms with Gasteiger partial charge < -0.3 is 10.2 Å². The summed E-state index contributed by atoms with van der Waals surface area (Å²) in [5.41, 5.74) is 0.989. The van der Waals surface area contributed by atoms with Crippen molar-refractivity contribution < 1.29 is 9.59 Å². The van der Waals surface area contributed by atoms with Gasteiger partial charge in [0.15, 0.2) is 0 Å². The van der Waals surface area contributed by atoms with Gasteiger partial charge in [0.1, 0.15) is 0 Å². The minimum absolute atomic E-state index is 0.0589. The van der Waals surface area contributed by atoms with E-state index in [0.717, 1.165) is 6.42 Å². The van der Waals surface area contributed by atoms with Gasteiger partial charge in [-0.25, -0.2) is 0 Å². The van der Waals surface area contributed by atoms with E-state index in [1.165, 1.54) is 0 Å². The maximum atomic E-state index is 11.7. The van der Waals surface area contributed by atoms with Crippen molar-refractivity contribution in [1.29, 1.82) is 0 Å². The van der Waals surface area contributed by atoms with E-state index in [9.17, 15) is 9.59 Å². The monoisotopic (exact) mass is 238 g/mol. The van der Waals surface area contributed by atoms with Crippen LogP contribution in [0.1, 0.15) is 27.2 Å². The zero-order valence-electron chi connectivity index (χ0n) is 11.0. The van der Waals surface area contributed by atoms with E-state index in [4.69, 9.17) is 0 Å². The van der Waals surface area contributed by atoms with E-state index in [1.54, 1.807) is 18.7 Å². The van der Waals surface area contributed by atoms with Crippen molar-refractivity contribution in [3.05, 3.63) is 24.3 Å². The number of hydrogen-bond donors (Lipinski definition) is 1. The second-order valence-corrected chi connectivity index (χ2v) is 4.11. The van der Waals surface area contributed by atoms with Crippen molar-refractivity contribution in [2.24, 2.45) is 0 Å². The van der Waals surface area contributed by atoms with Crippen LogP contribution in [-0.2, 0) is 9.59 Å². The Morgan fingerprint density at radius 2 is 1.71 bits per heavy atom. The molecule has 0 spiro atoms. The Kier molecular flexibility index (Phi) is 6.94. The summed E-state index contributed by atoms with van der Waals surface area (Å²) in [6.45, 7) is 14.1. The fraction of sp³-hybridized carbons (Fsp3) is 0.538. The molecule has 0 heterocycles. The number of carbonyl (C=O) groups is 2.